The minimum Gasteiger partial charge on any atom is -0.380 e. The predicted molar refractivity (Wildman–Crippen MR) is 82.4 cm³/mol. The van der Waals surface area contributed by atoms with E-state index in [9.17, 15) is 0 Å². The lowest BCUT2D eigenvalue weighted by atomic mass is 10.1. The molecule has 2 heteroatoms. The van der Waals surface area contributed by atoms with Crippen LogP contribution < -0.4 is 5.32 Å². The summed E-state index contributed by atoms with van der Waals surface area (Å²) >= 11 is 2.35. The van der Waals surface area contributed by atoms with Gasteiger partial charge in [0.25, 0.3) is 0 Å². The van der Waals surface area contributed by atoms with Crippen LogP contribution in [0.3, 0.4) is 0 Å². The molecule has 0 aliphatic carbocycles. The van der Waals surface area contributed by atoms with Crippen molar-refractivity contribution in [1.82, 2.24) is 0 Å². The summed E-state index contributed by atoms with van der Waals surface area (Å²) in [6.07, 6.45) is 0. The van der Waals surface area contributed by atoms with E-state index >= 15 is 0 Å². The van der Waals surface area contributed by atoms with Crippen molar-refractivity contribution in [3.05, 3.63) is 62.7 Å². The quantitative estimate of drug-likeness (QED) is 0.812. The van der Waals surface area contributed by atoms with Gasteiger partial charge in [0.05, 0.1) is 0 Å². The van der Waals surface area contributed by atoms with E-state index in [0.29, 0.717) is 0 Å². The molecule has 2 aromatic carbocycles. The lowest BCUT2D eigenvalue weighted by molar-refractivity contribution is 1.13. The molecule has 1 N–H and O–H groups in total. The molecule has 1 nitrogen and oxygen atoms in total. The van der Waals surface area contributed by atoms with Crippen molar-refractivity contribution in [3.63, 3.8) is 0 Å². The van der Waals surface area contributed by atoms with Gasteiger partial charge in [0, 0.05) is 15.8 Å². The molecule has 0 unspecified atom stereocenters. The monoisotopic (exact) mass is 337 g/mol. The van der Waals surface area contributed by atoms with Crippen molar-refractivity contribution in [2.75, 3.05) is 5.32 Å². The minimum absolute atomic E-state index is 0.876. The summed E-state index contributed by atoms with van der Waals surface area (Å²) in [4.78, 5) is 0. The van der Waals surface area contributed by atoms with E-state index in [1.807, 2.05) is 0 Å². The highest BCUT2D eigenvalue weighted by Gasteiger charge is 1.99. The summed E-state index contributed by atoms with van der Waals surface area (Å²) in [5.74, 6) is 0. The van der Waals surface area contributed by atoms with Crippen LogP contribution in [0.1, 0.15) is 16.7 Å². The molecule has 0 heterocycles. The zero-order valence-corrected chi connectivity index (χ0v) is 12.3. The summed E-state index contributed by atoms with van der Waals surface area (Å²) in [7, 11) is 0. The highest BCUT2D eigenvalue weighted by atomic mass is 127. The number of aryl methyl sites for hydroxylation is 2. The van der Waals surface area contributed by atoms with E-state index in [2.05, 4.69) is 84.2 Å². The number of benzene rings is 2. The fraction of sp³-hybridized carbons (Fsp3) is 0.200. The number of halogens is 1. The molecule has 0 aliphatic rings. The standard InChI is InChI=1S/C15H16IN/c1-11-7-8-13(9-12(11)2)10-17-15-6-4-3-5-14(15)16/h3-9,17H,10H2,1-2H3. The van der Waals surface area contributed by atoms with E-state index in [4.69, 9.17) is 0 Å². The van der Waals surface area contributed by atoms with Crippen LogP contribution in [-0.2, 0) is 6.54 Å². The Hall–Kier alpha value is -1.03. The van der Waals surface area contributed by atoms with Crippen LogP contribution in [0.25, 0.3) is 0 Å². The fourth-order valence-electron chi connectivity index (χ4n) is 1.72. The molecular weight excluding hydrogens is 321 g/mol. The molecule has 2 aromatic rings. The smallest absolute Gasteiger partial charge is 0.0478 e. The number of hydrogen-bond donors (Lipinski definition) is 1. The molecule has 0 bridgehead atoms. The van der Waals surface area contributed by atoms with Crippen LogP contribution in [0, 0.1) is 17.4 Å². The fourth-order valence-corrected chi connectivity index (χ4v) is 2.29. The second kappa shape index (κ2) is 5.54. The van der Waals surface area contributed by atoms with Gasteiger partial charge in [-0.25, -0.2) is 0 Å². The van der Waals surface area contributed by atoms with Gasteiger partial charge < -0.3 is 5.32 Å². The maximum atomic E-state index is 3.47. The van der Waals surface area contributed by atoms with E-state index in [1.54, 1.807) is 0 Å². The van der Waals surface area contributed by atoms with Gasteiger partial charge in [-0.2, -0.15) is 0 Å². The summed E-state index contributed by atoms with van der Waals surface area (Å²) in [6.45, 7) is 5.18. The van der Waals surface area contributed by atoms with Gasteiger partial charge in [0.2, 0.25) is 0 Å². The molecule has 0 fully saturated rings. The third-order valence-corrected chi connectivity index (χ3v) is 3.87. The Kier molecular flexibility index (Phi) is 4.05. The Labute approximate surface area is 116 Å². The lowest BCUT2D eigenvalue weighted by Gasteiger charge is -2.09. The Morgan fingerprint density at radius 1 is 1.00 bits per heavy atom. The second-order valence-corrected chi connectivity index (χ2v) is 5.41. The van der Waals surface area contributed by atoms with Crippen molar-refractivity contribution in [3.8, 4) is 0 Å². The predicted octanol–water partition coefficient (Wildman–Crippen LogP) is 4.52. The zero-order chi connectivity index (χ0) is 12.3. The van der Waals surface area contributed by atoms with Crippen molar-refractivity contribution in [2.24, 2.45) is 0 Å². The molecule has 0 amide bonds. The van der Waals surface area contributed by atoms with Gasteiger partial charge in [-0.05, 0) is 65.3 Å². The van der Waals surface area contributed by atoms with E-state index in [-0.39, 0.29) is 0 Å². The first-order valence-electron chi connectivity index (χ1n) is 5.71. The third-order valence-electron chi connectivity index (χ3n) is 2.93. The molecule has 0 saturated heterocycles. The van der Waals surface area contributed by atoms with Gasteiger partial charge in [0.15, 0.2) is 0 Å². The van der Waals surface area contributed by atoms with E-state index < -0.39 is 0 Å². The van der Waals surface area contributed by atoms with Crippen molar-refractivity contribution < 1.29 is 0 Å². The van der Waals surface area contributed by atoms with E-state index in [1.165, 1.54) is 25.9 Å². The Morgan fingerprint density at radius 2 is 1.76 bits per heavy atom. The maximum absolute atomic E-state index is 3.47. The summed E-state index contributed by atoms with van der Waals surface area (Å²) in [6, 6.07) is 15.0. The number of hydrogen-bond acceptors (Lipinski definition) is 1. The molecule has 0 atom stereocenters. The first-order valence-corrected chi connectivity index (χ1v) is 6.79. The van der Waals surface area contributed by atoms with Gasteiger partial charge in [-0.15, -0.1) is 0 Å². The number of anilines is 1. The van der Waals surface area contributed by atoms with Crippen LogP contribution in [0.4, 0.5) is 5.69 Å². The number of rotatable bonds is 3. The molecule has 0 saturated carbocycles. The van der Waals surface area contributed by atoms with Crippen LogP contribution in [0.15, 0.2) is 42.5 Å². The summed E-state index contributed by atoms with van der Waals surface area (Å²) < 4.78 is 1.26. The average molecular weight is 337 g/mol. The largest absolute Gasteiger partial charge is 0.380 e. The Bertz CT molecular complexity index is 520. The summed E-state index contributed by atoms with van der Waals surface area (Å²) in [5, 5.41) is 3.47. The Balaban J connectivity index is 2.08. The van der Waals surface area contributed by atoms with E-state index in [0.717, 1.165) is 6.54 Å². The zero-order valence-electron chi connectivity index (χ0n) is 10.1. The summed E-state index contributed by atoms with van der Waals surface area (Å²) in [5.41, 5.74) is 5.23. The molecule has 0 radical (unpaired) electrons. The highest BCUT2D eigenvalue weighted by molar-refractivity contribution is 14.1. The first kappa shape index (κ1) is 12.4. The van der Waals surface area contributed by atoms with Crippen LogP contribution in [0.2, 0.25) is 0 Å². The average Bonchev–Trinajstić information content (AvgIpc) is 2.32. The van der Waals surface area contributed by atoms with Crippen LogP contribution in [0.5, 0.6) is 0 Å². The van der Waals surface area contributed by atoms with Gasteiger partial charge in [-0.3, -0.25) is 0 Å². The van der Waals surface area contributed by atoms with Gasteiger partial charge >= 0.3 is 0 Å². The molecule has 0 aromatic heterocycles. The molecule has 17 heavy (non-hydrogen) atoms. The van der Waals surface area contributed by atoms with Crippen molar-refractivity contribution in [1.29, 1.82) is 0 Å². The first-order chi connectivity index (χ1) is 8.16. The maximum Gasteiger partial charge on any atom is 0.0478 e. The normalized spacial score (nSPS) is 10.3. The second-order valence-electron chi connectivity index (χ2n) is 4.25. The minimum atomic E-state index is 0.876. The highest BCUT2D eigenvalue weighted by Crippen LogP contribution is 2.18. The van der Waals surface area contributed by atoms with Crippen molar-refractivity contribution >= 4 is 28.3 Å². The molecular formula is C15H16IN. The van der Waals surface area contributed by atoms with Gasteiger partial charge in [-0.1, -0.05) is 30.3 Å². The molecule has 88 valence electrons. The molecule has 0 aliphatic heterocycles. The van der Waals surface area contributed by atoms with Crippen LogP contribution in [-0.4, -0.2) is 0 Å². The Morgan fingerprint density at radius 3 is 2.47 bits per heavy atom. The van der Waals surface area contributed by atoms with Gasteiger partial charge in [0.1, 0.15) is 0 Å². The lowest BCUT2D eigenvalue weighted by Crippen LogP contribution is -2.01. The number of nitrogens with one attached hydrogen (secondary N) is 1. The number of para-hydroxylation sites is 1. The SMILES string of the molecule is Cc1ccc(CNc2ccccc2I)cc1C. The third kappa shape index (κ3) is 3.22. The topological polar surface area (TPSA) is 12.0 Å². The van der Waals surface area contributed by atoms with Crippen LogP contribution >= 0.6 is 22.6 Å². The van der Waals surface area contributed by atoms with Crippen molar-refractivity contribution in [2.45, 2.75) is 20.4 Å². The molecule has 0 spiro atoms. The molecule has 2 rings (SSSR count).